The largest absolute Gasteiger partial charge is 0.481 e. The Labute approximate surface area is 168 Å². The minimum Gasteiger partial charge on any atom is -0.481 e. The average molecular weight is 399 g/mol. The number of hydrogen-bond acceptors (Lipinski definition) is 5. The van der Waals surface area contributed by atoms with Gasteiger partial charge in [0.25, 0.3) is 0 Å². The first kappa shape index (κ1) is 24.8. The molecule has 0 spiro atoms. The van der Waals surface area contributed by atoms with Crippen LogP contribution in [0.15, 0.2) is 24.3 Å². The number of hydrogen-bond donors (Lipinski definition) is 4. The Hall–Kier alpha value is -1.21. The van der Waals surface area contributed by atoms with Crippen LogP contribution in [0.4, 0.5) is 0 Å². The van der Waals surface area contributed by atoms with Crippen LogP contribution < -0.4 is 0 Å². The molecule has 0 radical (unpaired) electrons. The maximum Gasteiger partial charge on any atom is 0.303 e. The van der Waals surface area contributed by atoms with Crippen LogP contribution in [0.5, 0.6) is 0 Å². The second-order valence-corrected chi connectivity index (χ2v) is 7.67. The van der Waals surface area contributed by atoms with Crippen molar-refractivity contribution in [2.75, 3.05) is 0 Å². The molecule has 1 aliphatic heterocycles. The molecule has 0 aromatic rings. The Morgan fingerprint density at radius 3 is 2.64 bits per heavy atom. The molecule has 4 N–H and O–H groups in total. The molecule has 0 aromatic carbocycles. The lowest BCUT2D eigenvalue weighted by Gasteiger charge is -2.36. The smallest absolute Gasteiger partial charge is 0.303 e. The van der Waals surface area contributed by atoms with Crippen molar-refractivity contribution in [1.82, 2.24) is 0 Å². The van der Waals surface area contributed by atoms with Gasteiger partial charge in [-0.25, -0.2) is 0 Å². The number of aliphatic carboxylic acids is 1. The van der Waals surface area contributed by atoms with Gasteiger partial charge in [0.05, 0.1) is 18.3 Å². The van der Waals surface area contributed by atoms with Gasteiger partial charge in [0.2, 0.25) is 0 Å². The molecular formula is C22H38O6. The molecule has 5 atom stereocenters. The normalized spacial score (nSPS) is 26.9. The first-order chi connectivity index (χ1) is 13.4. The van der Waals surface area contributed by atoms with Crippen LogP contribution in [0.2, 0.25) is 0 Å². The predicted octanol–water partition coefficient (Wildman–Crippen LogP) is 3.55. The third-order valence-corrected chi connectivity index (χ3v) is 5.14. The van der Waals surface area contributed by atoms with Crippen molar-refractivity contribution in [3.05, 3.63) is 24.3 Å². The van der Waals surface area contributed by atoms with E-state index in [1.54, 1.807) is 12.2 Å². The molecule has 28 heavy (non-hydrogen) atoms. The van der Waals surface area contributed by atoms with Crippen molar-refractivity contribution in [3.8, 4) is 0 Å². The molecule has 5 unspecified atom stereocenters. The van der Waals surface area contributed by atoms with Crippen LogP contribution in [0.3, 0.4) is 0 Å². The van der Waals surface area contributed by atoms with Gasteiger partial charge in [-0.05, 0) is 32.1 Å². The van der Waals surface area contributed by atoms with Gasteiger partial charge >= 0.3 is 5.97 Å². The topological polar surface area (TPSA) is 107 Å². The van der Waals surface area contributed by atoms with Crippen LogP contribution in [0.1, 0.15) is 77.6 Å². The van der Waals surface area contributed by atoms with Gasteiger partial charge in [-0.3, -0.25) is 4.79 Å². The molecule has 0 aromatic heterocycles. The number of carboxylic acids is 1. The Morgan fingerprint density at radius 1 is 1.14 bits per heavy atom. The zero-order valence-electron chi connectivity index (χ0n) is 17.1. The van der Waals surface area contributed by atoms with E-state index in [2.05, 4.69) is 13.0 Å². The van der Waals surface area contributed by atoms with E-state index < -0.39 is 30.6 Å². The molecule has 0 saturated carbocycles. The number of unbranched alkanes of at least 4 members (excludes halogenated alkanes) is 5. The van der Waals surface area contributed by atoms with E-state index in [0.29, 0.717) is 19.3 Å². The summed E-state index contributed by atoms with van der Waals surface area (Å²) in [6.07, 6.45) is 13.3. The lowest BCUT2D eigenvalue weighted by molar-refractivity contribution is -0.199. The third-order valence-electron chi connectivity index (χ3n) is 5.14. The van der Waals surface area contributed by atoms with Crippen molar-refractivity contribution in [1.29, 1.82) is 0 Å². The fourth-order valence-corrected chi connectivity index (χ4v) is 3.44. The van der Waals surface area contributed by atoms with E-state index >= 15 is 0 Å². The van der Waals surface area contributed by atoms with Gasteiger partial charge in [0.15, 0.2) is 6.29 Å². The van der Waals surface area contributed by atoms with Crippen molar-refractivity contribution < 1.29 is 30.0 Å². The summed E-state index contributed by atoms with van der Waals surface area (Å²) in [6, 6.07) is 0. The number of allylic oxidation sites excluding steroid dienone is 2. The number of carbonyl (C=O) groups is 1. The van der Waals surface area contributed by atoms with Crippen LogP contribution in [0, 0.1) is 5.92 Å². The fourth-order valence-electron chi connectivity index (χ4n) is 3.44. The molecule has 0 amide bonds. The van der Waals surface area contributed by atoms with Gasteiger partial charge in [-0.1, -0.05) is 56.9 Å². The van der Waals surface area contributed by atoms with E-state index in [1.807, 2.05) is 6.08 Å². The monoisotopic (exact) mass is 398 g/mol. The lowest BCUT2D eigenvalue weighted by atomic mass is 9.87. The van der Waals surface area contributed by atoms with Crippen LogP contribution in [-0.2, 0) is 9.53 Å². The highest BCUT2D eigenvalue weighted by atomic mass is 16.6. The van der Waals surface area contributed by atoms with E-state index in [1.165, 1.54) is 0 Å². The van der Waals surface area contributed by atoms with E-state index in [0.717, 1.165) is 38.5 Å². The molecule has 0 aliphatic carbocycles. The van der Waals surface area contributed by atoms with Crippen molar-refractivity contribution in [3.63, 3.8) is 0 Å². The fraction of sp³-hybridized carbons (Fsp3) is 0.773. The highest BCUT2D eigenvalue weighted by molar-refractivity contribution is 5.66. The van der Waals surface area contributed by atoms with Crippen LogP contribution in [-0.4, -0.2) is 51.0 Å². The van der Waals surface area contributed by atoms with Crippen molar-refractivity contribution in [2.45, 2.75) is 102 Å². The maximum absolute atomic E-state index is 10.5. The zero-order chi connectivity index (χ0) is 20.8. The standard InChI is InChI=1S/C22H38O6/c1-2-3-8-11-17(23)14-15-20-18(19(24)16-22(27)28-20)12-9-6-4-5-7-10-13-21(25)26/h6,9,14-15,17-20,22-24,27H,2-5,7-8,10-13,16H2,1H3,(H,25,26)/b9-6+,15-14+. The molecule has 6 heteroatoms. The number of ether oxygens (including phenoxy) is 1. The van der Waals surface area contributed by atoms with Crippen LogP contribution in [0.25, 0.3) is 0 Å². The Bertz CT molecular complexity index is 476. The molecule has 0 bridgehead atoms. The number of aliphatic hydroxyl groups is 3. The van der Waals surface area contributed by atoms with E-state index in [4.69, 9.17) is 9.84 Å². The number of rotatable bonds is 14. The molecule has 1 heterocycles. The van der Waals surface area contributed by atoms with E-state index in [9.17, 15) is 20.1 Å². The third kappa shape index (κ3) is 11.0. The summed E-state index contributed by atoms with van der Waals surface area (Å²) in [5, 5.41) is 38.8. The summed E-state index contributed by atoms with van der Waals surface area (Å²) in [5.41, 5.74) is 0. The highest BCUT2D eigenvalue weighted by Crippen LogP contribution is 2.29. The van der Waals surface area contributed by atoms with Gasteiger partial charge < -0.3 is 25.2 Å². The van der Waals surface area contributed by atoms with Gasteiger partial charge in [0, 0.05) is 18.8 Å². The highest BCUT2D eigenvalue weighted by Gasteiger charge is 2.35. The van der Waals surface area contributed by atoms with Gasteiger partial charge in [-0.15, -0.1) is 0 Å². The first-order valence-electron chi connectivity index (χ1n) is 10.7. The summed E-state index contributed by atoms with van der Waals surface area (Å²) in [6.45, 7) is 2.12. The lowest BCUT2D eigenvalue weighted by Crippen LogP contribution is -2.43. The Morgan fingerprint density at radius 2 is 1.93 bits per heavy atom. The SMILES string of the molecule is CCCCCC(O)/C=C/C1OC(O)CC(O)C1C/C=C/CCCCCC(=O)O. The van der Waals surface area contributed by atoms with Gasteiger partial charge in [0.1, 0.15) is 0 Å². The van der Waals surface area contributed by atoms with Crippen LogP contribution >= 0.6 is 0 Å². The minimum atomic E-state index is -0.989. The Balaban J connectivity index is 2.43. The predicted molar refractivity (Wildman–Crippen MR) is 109 cm³/mol. The van der Waals surface area contributed by atoms with Crippen molar-refractivity contribution >= 4 is 5.97 Å². The summed E-state index contributed by atoms with van der Waals surface area (Å²) < 4.78 is 5.59. The molecule has 162 valence electrons. The molecule has 1 fully saturated rings. The summed E-state index contributed by atoms with van der Waals surface area (Å²) in [5.74, 6) is -0.913. The van der Waals surface area contributed by atoms with E-state index in [-0.39, 0.29) is 18.8 Å². The number of aliphatic hydroxyl groups excluding tert-OH is 3. The second kappa shape index (κ2) is 14.7. The summed E-state index contributed by atoms with van der Waals surface area (Å²) >= 11 is 0. The van der Waals surface area contributed by atoms with Crippen molar-refractivity contribution in [2.24, 2.45) is 5.92 Å². The molecule has 1 saturated heterocycles. The summed E-state index contributed by atoms with van der Waals surface area (Å²) in [7, 11) is 0. The molecule has 1 rings (SSSR count). The Kier molecular flexibility index (Phi) is 13.1. The first-order valence-corrected chi connectivity index (χ1v) is 10.7. The maximum atomic E-state index is 10.5. The minimum absolute atomic E-state index is 0.161. The molecule has 1 aliphatic rings. The zero-order valence-corrected chi connectivity index (χ0v) is 17.1. The second-order valence-electron chi connectivity index (χ2n) is 7.67. The van der Waals surface area contributed by atoms with Gasteiger partial charge in [-0.2, -0.15) is 0 Å². The summed E-state index contributed by atoms with van der Waals surface area (Å²) in [4.78, 5) is 10.5. The number of carboxylic acid groups (broad SMARTS) is 1. The molecule has 6 nitrogen and oxygen atoms in total. The molecular weight excluding hydrogens is 360 g/mol. The average Bonchev–Trinajstić information content (AvgIpc) is 2.63. The quantitative estimate of drug-likeness (QED) is 0.263.